The maximum absolute atomic E-state index is 6.02. The smallest absolute Gasteiger partial charge is 0.0839 e. The lowest BCUT2D eigenvalue weighted by atomic mass is 9.94. The van der Waals surface area contributed by atoms with E-state index in [9.17, 15) is 0 Å². The first-order valence-corrected chi connectivity index (χ1v) is 9.18. The highest BCUT2D eigenvalue weighted by Gasteiger charge is 2.21. The average molecular weight is 306 g/mol. The van der Waals surface area contributed by atoms with Gasteiger partial charge in [0.25, 0.3) is 0 Å². The van der Waals surface area contributed by atoms with Crippen molar-refractivity contribution >= 4 is 0 Å². The molecule has 1 aliphatic heterocycles. The standard InChI is InChI=1S/C18H29NO.C2H6/c1-4-10-19(11-5-2)12-8-18-17-7-6-15(3)14-16(17)9-13-20-18;1-2/h6-7,14,18H,4-5,8-13H2,1-3H3;1-2H3. The van der Waals surface area contributed by atoms with Gasteiger partial charge in [0.1, 0.15) is 0 Å². The van der Waals surface area contributed by atoms with Gasteiger partial charge < -0.3 is 9.64 Å². The lowest BCUT2D eigenvalue weighted by molar-refractivity contribution is 0.0292. The van der Waals surface area contributed by atoms with Gasteiger partial charge in [0.2, 0.25) is 0 Å². The Bertz CT molecular complexity index is 410. The van der Waals surface area contributed by atoms with Crippen LogP contribution in [0.3, 0.4) is 0 Å². The van der Waals surface area contributed by atoms with E-state index >= 15 is 0 Å². The molecule has 1 unspecified atom stereocenters. The first kappa shape index (κ1) is 19.2. The van der Waals surface area contributed by atoms with Crippen LogP contribution in [0.4, 0.5) is 0 Å². The van der Waals surface area contributed by atoms with Crippen molar-refractivity contribution < 1.29 is 4.74 Å². The van der Waals surface area contributed by atoms with Crippen molar-refractivity contribution in [3.63, 3.8) is 0 Å². The van der Waals surface area contributed by atoms with Crippen LogP contribution in [-0.2, 0) is 11.2 Å². The number of nitrogens with zero attached hydrogens (tertiary/aromatic N) is 1. The summed E-state index contributed by atoms with van der Waals surface area (Å²) in [6, 6.07) is 6.83. The molecule has 0 aliphatic carbocycles. The molecule has 0 N–H and O–H groups in total. The van der Waals surface area contributed by atoms with Crippen molar-refractivity contribution in [1.82, 2.24) is 4.90 Å². The molecule has 0 saturated heterocycles. The van der Waals surface area contributed by atoms with E-state index in [1.807, 2.05) is 13.8 Å². The molecule has 0 amide bonds. The summed E-state index contributed by atoms with van der Waals surface area (Å²) in [5.41, 5.74) is 4.29. The number of hydrogen-bond donors (Lipinski definition) is 0. The quantitative estimate of drug-likeness (QED) is 0.691. The number of hydrogen-bond acceptors (Lipinski definition) is 2. The Balaban J connectivity index is 0.00000116. The van der Waals surface area contributed by atoms with Crippen molar-refractivity contribution in [2.75, 3.05) is 26.2 Å². The summed E-state index contributed by atoms with van der Waals surface area (Å²) in [7, 11) is 0. The fourth-order valence-electron chi connectivity index (χ4n) is 3.17. The highest BCUT2D eigenvalue weighted by molar-refractivity contribution is 5.34. The summed E-state index contributed by atoms with van der Waals surface area (Å²) < 4.78 is 6.02. The van der Waals surface area contributed by atoms with Gasteiger partial charge in [-0.3, -0.25) is 0 Å². The Hall–Kier alpha value is -0.860. The first-order chi connectivity index (χ1) is 10.7. The summed E-state index contributed by atoms with van der Waals surface area (Å²) in [5.74, 6) is 0. The molecule has 1 aromatic rings. The molecule has 1 aromatic carbocycles. The average Bonchev–Trinajstić information content (AvgIpc) is 2.54. The van der Waals surface area contributed by atoms with Crippen molar-refractivity contribution in [3.05, 3.63) is 34.9 Å². The molecule has 0 bridgehead atoms. The fraction of sp³-hybridized carbons (Fsp3) is 0.700. The Kier molecular flexibility index (Phi) is 9.42. The summed E-state index contributed by atoms with van der Waals surface area (Å²) in [5, 5.41) is 0. The van der Waals surface area contributed by atoms with E-state index in [0.29, 0.717) is 6.10 Å². The molecule has 1 heterocycles. The van der Waals surface area contributed by atoms with Gasteiger partial charge >= 0.3 is 0 Å². The number of benzene rings is 1. The van der Waals surface area contributed by atoms with Crippen LogP contribution in [0.5, 0.6) is 0 Å². The molecule has 22 heavy (non-hydrogen) atoms. The van der Waals surface area contributed by atoms with E-state index in [1.165, 1.54) is 42.6 Å². The first-order valence-electron chi connectivity index (χ1n) is 9.18. The Labute approximate surface area is 137 Å². The molecule has 1 atom stereocenters. The van der Waals surface area contributed by atoms with Crippen LogP contribution in [0.25, 0.3) is 0 Å². The fourth-order valence-corrected chi connectivity index (χ4v) is 3.17. The molecule has 0 aromatic heterocycles. The van der Waals surface area contributed by atoms with E-state index in [4.69, 9.17) is 4.74 Å². The second-order valence-electron chi connectivity index (χ2n) is 5.94. The molecule has 2 heteroatoms. The minimum Gasteiger partial charge on any atom is -0.373 e. The minimum absolute atomic E-state index is 0.301. The van der Waals surface area contributed by atoms with E-state index in [-0.39, 0.29) is 0 Å². The zero-order chi connectivity index (χ0) is 16.4. The molecular formula is C20H35NO. The number of ether oxygens (including phenoxy) is 1. The highest BCUT2D eigenvalue weighted by atomic mass is 16.5. The van der Waals surface area contributed by atoms with Crippen LogP contribution in [0.2, 0.25) is 0 Å². The normalized spacial score (nSPS) is 16.9. The number of aryl methyl sites for hydroxylation is 1. The van der Waals surface area contributed by atoms with E-state index in [2.05, 4.69) is 43.9 Å². The number of rotatable bonds is 7. The van der Waals surface area contributed by atoms with Gasteiger partial charge in [-0.25, -0.2) is 0 Å². The Morgan fingerprint density at radius 1 is 1.09 bits per heavy atom. The van der Waals surface area contributed by atoms with Crippen molar-refractivity contribution in [2.45, 2.75) is 66.4 Å². The summed E-state index contributed by atoms with van der Waals surface area (Å²) in [6.45, 7) is 15.1. The van der Waals surface area contributed by atoms with E-state index in [1.54, 1.807) is 0 Å². The summed E-state index contributed by atoms with van der Waals surface area (Å²) >= 11 is 0. The third kappa shape index (κ3) is 5.73. The van der Waals surface area contributed by atoms with Gasteiger partial charge in [-0.05, 0) is 56.8 Å². The maximum Gasteiger partial charge on any atom is 0.0839 e. The predicted molar refractivity (Wildman–Crippen MR) is 96.6 cm³/mol. The third-order valence-electron chi connectivity index (χ3n) is 4.12. The minimum atomic E-state index is 0.301. The van der Waals surface area contributed by atoms with Gasteiger partial charge in [0.15, 0.2) is 0 Å². The summed E-state index contributed by atoms with van der Waals surface area (Å²) in [6.07, 6.45) is 4.97. The molecule has 2 rings (SSSR count). The predicted octanol–water partition coefficient (Wildman–Crippen LogP) is 5.15. The second kappa shape index (κ2) is 10.8. The molecule has 0 saturated carbocycles. The van der Waals surface area contributed by atoms with Crippen LogP contribution in [0.1, 0.15) is 69.8 Å². The van der Waals surface area contributed by atoms with Crippen molar-refractivity contribution in [2.24, 2.45) is 0 Å². The zero-order valence-electron chi connectivity index (χ0n) is 15.3. The molecular weight excluding hydrogens is 270 g/mol. The number of fused-ring (bicyclic) bond motifs is 1. The van der Waals surface area contributed by atoms with Gasteiger partial charge in [0.05, 0.1) is 12.7 Å². The lowest BCUT2D eigenvalue weighted by Crippen LogP contribution is -2.29. The molecule has 0 radical (unpaired) electrons. The Morgan fingerprint density at radius 3 is 2.41 bits per heavy atom. The zero-order valence-corrected chi connectivity index (χ0v) is 15.3. The molecule has 126 valence electrons. The van der Waals surface area contributed by atoms with Gasteiger partial charge in [-0.15, -0.1) is 0 Å². The van der Waals surface area contributed by atoms with Crippen molar-refractivity contribution in [1.29, 1.82) is 0 Å². The van der Waals surface area contributed by atoms with Crippen LogP contribution >= 0.6 is 0 Å². The van der Waals surface area contributed by atoms with Crippen molar-refractivity contribution in [3.8, 4) is 0 Å². The van der Waals surface area contributed by atoms with Gasteiger partial charge in [0, 0.05) is 6.54 Å². The Morgan fingerprint density at radius 2 is 1.77 bits per heavy atom. The van der Waals surface area contributed by atoms with E-state index < -0.39 is 0 Å². The van der Waals surface area contributed by atoms with E-state index in [0.717, 1.165) is 26.0 Å². The highest BCUT2D eigenvalue weighted by Crippen LogP contribution is 2.30. The molecule has 2 nitrogen and oxygen atoms in total. The summed E-state index contributed by atoms with van der Waals surface area (Å²) in [4.78, 5) is 2.58. The van der Waals surface area contributed by atoms with Gasteiger partial charge in [-0.1, -0.05) is 51.5 Å². The van der Waals surface area contributed by atoms with Crippen LogP contribution in [0, 0.1) is 6.92 Å². The largest absolute Gasteiger partial charge is 0.373 e. The van der Waals surface area contributed by atoms with Crippen LogP contribution in [-0.4, -0.2) is 31.1 Å². The third-order valence-corrected chi connectivity index (χ3v) is 4.12. The second-order valence-corrected chi connectivity index (χ2v) is 5.94. The molecule has 0 fully saturated rings. The SMILES string of the molecule is CC.CCCN(CCC)CCC1OCCc2cc(C)ccc21. The van der Waals surface area contributed by atoms with Crippen LogP contribution < -0.4 is 0 Å². The molecule has 1 aliphatic rings. The van der Waals surface area contributed by atoms with Crippen LogP contribution in [0.15, 0.2) is 18.2 Å². The topological polar surface area (TPSA) is 12.5 Å². The maximum atomic E-state index is 6.02. The lowest BCUT2D eigenvalue weighted by Gasteiger charge is -2.29. The molecule has 0 spiro atoms. The van der Waals surface area contributed by atoms with Gasteiger partial charge in [-0.2, -0.15) is 0 Å². The monoisotopic (exact) mass is 305 g/mol.